The van der Waals surface area contributed by atoms with E-state index >= 15 is 0 Å². The molecule has 1 aromatic rings. The van der Waals surface area contributed by atoms with Crippen LogP contribution in [0.3, 0.4) is 0 Å². The molecule has 0 aromatic heterocycles. The highest BCUT2D eigenvalue weighted by molar-refractivity contribution is 5.60. The van der Waals surface area contributed by atoms with Crippen molar-refractivity contribution in [1.29, 1.82) is 15.8 Å². The molecule has 7 heteroatoms. The Morgan fingerprint density at radius 3 is 2.35 bits per heavy atom. The maximum atomic E-state index is 13.1. The number of nitriles is 3. The standard InChI is InChI=1S/C24H24F2N4O/c1-23(2,3)14-8-9-15-17(10-14)20(16-6-4-5-7-19(16)31-22(25)26)24(12-28,13-29)21(30)18(15)11-27/h4-7,9,14,17,20,22H,8,10,30H2,1-3H3/t14-,17+,20-/m1/s1. The highest BCUT2D eigenvalue weighted by Gasteiger charge is 2.55. The molecule has 0 unspecified atom stereocenters. The van der Waals surface area contributed by atoms with Crippen LogP contribution in [0, 0.1) is 56.7 Å². The fourth-order valence-corrected chi connectivity index (χ4v) is 4.88. The van der Waals surface area contributed by atoms with Crippen LogP contribution in [0.5, 0.6) is 5.75 Å². The number of halogens is 2. The van der Waals surface area contributed by atoms with Crippen LogP contribution in [0.15, 0.2) is 47.2 Å². The number of hydrogen-bond acceptors (Lipinski definition) is 5. The normalized spacial score (nSPS) is 25.0. The summed E-state index contributed by atoms with van der Waals surface area (Å²) in [7, 11) is 0. The van der Waals surface area contributed by atoms with Crippen molar-refractivity contribution in [2.75, 3.05) is 0 Å². The van der Waals surface area contributed by atoms with Gasteiger partial charge in [0.15, 0.2) is 5.41 Å². The summed E-state index contributed by atoms with van der Waals surface area (Å²) in [4.78, 5) is 0. The molecule has 5 nitrogen and oxygen atoms in total. The second-order valence-electron chi connectivity index (χ2n) is 9.13. The van der Waals surface area contributed by atoms with Gasteiger partial charge in [-0.2, -0.15) is 24.6 Å². The number of allylic oxidation sites excluding steroid dienone is 4. The monoisotopic (exact) mass is 422 g/mol. The molecule has 2 N–H and O–H groups in total. The van der Waals surface area contributed by atoms with Gasteiger partial charge in [0.1, 0.15) is 11.8 Å². The van der Waals surface area contributed by atoms with Crippen molar-refractivity contribution in [2.45, 2.75) is 46.1 Å². The highest BCUT2D eigenvalue weighted by atomic mass is 19.3. The van der Waals surface area contributed by atoms with Crippen LogP contribution in [0.25, 0.3) is 0 Å². The van der Waals surface area contributed by atoms with Gasteiger partial charge in [-0.15, -0.1) is 0 Å². The van der Waals surface area contributed by atoms with Gasteiger partial charge in [-0.1, -0.05) is 45.0 Å². The van der Waals surface area contributed by atoms with Crippen LogP contribution < -0.4 is 10.5 Å². The summed E-state index contributed by atoms with van der Waals surface area (Å²) < 4.78 is 31.0. The number of nitrogens with zero attached hydrogens (tertiary/aromatic N) is 3. The van der Waals surface area contributed by atoms with E-state index in [2.05, 4.69) is 26.8 Å². The van der Waals surface area contributed by atoms with Crippen LogP contribution in [-0.2, 0) is 0 Å². The number of hydrogen-bond donors (Lipinski definition) is 1. The van der Waals surface area contributed by atoms with Crippen molar-refractivity contribution in [3.63, 3.8) is 0 Å². The fourth-order valence-electron chi connectivity index (χ4n) is 4.88. The Bertz CT molecular complexity index is 1050. The van der Waals surface area contributed by atoms with Crippen molar-refractivity contribution in [3.8, 4) is 24.0 Å². The molecule has 0 saturated heterocycles. The minimum absolute atomic E-state index is 0.0625. The fraction of sp³-hybridized carbons (Fsp3) is 0.458. The van der Waals surface area contributed by atoms with Gasteiger partial charge >= 0.3 is 6.61 Å². The van der Waals surface area contributed by atoms with Crippen molar-refractivity contribution in [2.24, 2.45) is 28.4 Å². The van der Waals surface area contributed by atoms with Gasteiger partial charge in [-0.25, -0.2) is 0 Å². The van der Waals surface area contributed by atoms with E-state index in [1.165, 1.54) is 6.07 Å². The molecule has 3 atom stereocenters. The minimum Gasteiger partial charge on any atom is -0.435 e. The molecule has 0 amide bonds. The lowest BCUT2D eigenvalue weighted by atomic mass is 9.54. The van der Waals surface area contributed by atoms with E-state index in [-0.39, 0.29) is 28.4 Å². The molecule has 0 radical (unpaired) electrons. The van der Waals surface area contributed by atoms with E-state index in [0.29, 0.717) is 17.6 Å². The summed E-state index contributed by atoms with van der Waals surface area (Å²) in [5, 5.41) is 30.1. The van der Waals surface area contributed by atoms with E-state index in [4.69, 9.17) is 10.5 Å². The molecule has 31 heavy (non-hydrogen) atoms. The van der Waals surface area contributed by atoms with Crippen LogP contribution in [-0.4, -0.2) is 6.61 Å². The van der Waals surface area contributed by atoms with E-state index < -0.39 is 23.9 Å². The SMILES string of the molecule is CC(C)(C)[C@@H]1CC=C2C(C#N)=C(N)C(C#N)(C#N)[C@H](c3ccccc3OC(F)F)[C@H]2C1. The van der Waals surface area contributed by atoms with Gasteiger partial charge in [0.25, 0.3) is 0 Å². The molecular weight excluding hydrogens is 398 g/mol. The average Bonchev–Trinajstić information content (AvgIpc) is 2.72. The van der Waals surface area contributed by atoms with E-state index in [9.17, 15) is 24.6 Å². The predicted molar refractivity (Wildman–Crippen MR) is 110 cm³/mol. The maximum absolute atomic E-state index is 13.1. The molecule has 160 valence electrons. The molecule has 0 aliphatic heterocycles. The number of fused-ring (bicyclic) bond motifs is 1. The summed E-state index contributed by atoms with van der Waals surface area (Å²) >= 11 is 0. The first-order valence-electron chi connectivity index (χ1n) is 10.1. The molecule has 2 aliphatic carbocycles. The summed E-state index contributed by atoms with van der Waals surface area (Å²) in [5.41, 5.74) is 5.34. The number of ether oxygens (including phenoxy) is 1. The van der Waals surface area contributed by atoms with Gasteiger partial charge in [0.05, 0.1) is 23.4 Å². The highest BCUT2D eigenvalue weighted by Crippen LogP contribution is 2.59. The lowest BCUT2D eigenvalue weighted by Crippen LogP contribution is -2.44. The Morgan fingerprint density at radius 2 is 1.81 bits per heavy atom. The third kappa shape index (κ3) is 3.64. The average molecular weight is 422 g/mol. The number of rotatable bonds is 3. The first-order chi connectivity index (χ1) is 14.6. The Hall–Kier alpha value is -3.37. The molecule has 0 bridgehead atoms. The molecule has 0 fully saturated rings. The Labute approximate surface area is 181 Å². The zero-order chi connectivity index (χ0) is 23.0. The van der Waals surface area contributed by atoms with Crippen LogP contribution >= 0.6 is 0 Å². The predicted octanol–water partition coefficient (Wildman–Crippen LogP) is 5.15. The first-order valence-corrected chi connectivity index (χ1v) is 10.1. The van der Waals surface area contributed by atoms with E-state index in [1.54, 1.807) is 18.2 Å². The third-order valence-electron chi connectivity index (χ3n) is 6.57. The summed E-state index contributed by atoms with van der Waals surface area (Å²) in [6.45, 7) is 3.27. The van der Waals surface area contributed by atoms with E-state index in [0.717, 1.165) is 6.42 Å². The second-order valence-corrected chi connectivity index (χ2v) is 9.13. The van der Waals surface area contributed by atoms with Gasteiger partial charge in [0.2, 0.25) is 0 Å². The lowest BCUT2D eigenvalue weighted by molar-refractivity contribution is -0.0510. The maximum Gasteiger partial charge on any atom is 0.387 e. The largest absolute Gasteiger partial charge is 0.435 e. The quantitative estimate of drug-likeness (QED) is 0.724. The summed E-state index contributed by atoms with van der Waals surface area (Å²) in [6, 6.07) is 12.3. The van der Waals surface area contributed by atoms with Gasteiger partial charge < -0.3 is 10.5 Å². The third-order valence-corrected chi connectivity index (χ3v) is 6.57. The van der Waals surface area contributed by atoms with Crippen LogP contribution in [0.4, 0.5) is 8.78 Å². The Morgan fingerprint density at radius 1 is 1.16 bits per heavy atom. The molecule has 0 heterocycles. The summed E-state index contributed by atoms with van der Waals surface area (Å²) in [6.07, 6.45) is 3.27. The number of para-hydroxylation sites is 1. The van der Waals surface area contributed by atoms with Crippen LogP contribution in [0.1, 0.15) is 45.1 Å². The molecule has 2 aliphatic rings. The van der Waals surface area contributed by atoms with Gasteiger partial charge in [-0.05, 0) is 41.7 Å². The molecular formula is C24H24F2N4O. The molecule has 0 saturated carbocycles. The Balaban J connectivity index is 2.32. The smallest absolute Gasteiger partial charge is 0.387 e. The number of benzene rings is 1. The first kappa shape index (κ1) is 22.3. The Kier molecular flexibility index (Phi) is 5.79. The number of nitrogens with two attached hydrogens (primary N) is 1. The van der Waals surface area contributed by atoms with Gasteiger partial charge in [-0.3, -0.25) is 0 Å². The van der Waals surface area contributed by atoms with E-state index in [1.807, 2.05) is 18.2 Å². The van der Waals surface area contributed by atoms with Crippen molar-refractivity contribution in [1.82, 2.24) is 0 Å². The summed E-state index contributed by atoms with van der Waals surface area (Å²) in [5.74, 6) is -1.16. The zero-order valence-corrected chi connectivity index (χ0v) is 17.7. The molecule has 1 aromatic carbocycles. The van der Waals surface area contributed by atoms with Crippen LogP contribution in [0.2, 0.25) is 0 Å². The zero-order valence-electron chi connectivity index (χ0n) is 17.7. The lowest BCUT2D eigenvalue weighted by Gasteiger charge is -2.47. The molecule has 3 rings (SSSR count). The van der Waals surface area contributed by atoms with Crippen molar-refractivity contribution in [3.05, 3.63) is 52.7 Å². The topological polar surface area (TPSA) is 107 Å². The number of alkyl halides is 2. The second kappa shape index (κ2) is 8.05. The van der Waals surface area contributed by atoms with Gasteiger partial charge in [0, 0.05) is 11.5 Å². The minimum atomic E-state index is -3.06. The van der Waals surface area contributed by atoms with Crippen molar-refractivity contribution < 1.29 is 13.5 Å². The van der Waals surface area contributed by atoms with Crippen molar-refractivity contribution >= 4 is 0 Å². The molecule has 0 spiro atoms.